The fourth-order valence-electron chi connectivity index (χ4n) is 13.9. The number of piperidine rings is 3. The number of aryl methyl sites for hydroxylation is 4. The summed E-state index contributed by atoms with van der Waals surface area (Å²) in [6, 6.07) is 19.2. The molecule has 0 radical (unpaired) electrons. The molecular weight excluding hydrogens is 1410 g/mol. The van der Waals surface area contributed by atoms with Crippen molar-refractivity contribution < 1.29 is 51.4 Å². The van der Waals surface area contributed by atoms with Gasteiger partial charge in [-0.2, -0.15) is 10.2 Å². The van der Waals surface area contributed by atoms with Crippen LogP contribution in [-0.4, -0.2) is 178 Å². The van der Waals surface area contributed by atoms with E-state index in [9.17, 15) is 9.50 Å². The molecule has 104 heavy (non-hydrogen) atoms. The Bertz CT molecular complexity index is 4680. The number of alkyl halides is 3. The molecule has 0 bridgehead atoms. The van der Waals surface area contributed by atoms with E-state index in [0.717, 1.165) is 49.5 Å². The summed E-state index contributed by atoms with van der Waals surface area (Å²) in [5, 5.41) is 55.1. The van der Waals surface area contributed by atoms with Crippen molar-refractivity contribution in [3.8, 4) is 91.6 Å². The van der Waals surface area contributed by atoms with Gasteiger partial charge in [0.2, 0.25) is 17.6 Å². The number of ether oxygens (including phenoxy) is 7. The van der Waals surface area contributed by atoms with Gasteiger partial charge in [0.05, 0.1) is 35.2 Å². The molecule has 30 heteroatoms. The van der Waals surface area contributed by atoms with E-state index in [1.807, 2.05) is 141 Å². The molecule has 0 unspecified atom stereocenters. The topological polar surface area (TPSA) is 297 Å². The summed E-state index contributed by atoms with van der Waals surface area (Å²) in [6.45, 7) is 31.1. The zero-order valence-electron chi connectivity index (χ0n) is 61.8. The Morgan fingerprint density at radius 2 is 0.827 bits per heavy atom. The molecule has 3 saturated heterocycles. The molecule has 552 valence electrons. The van der Waals surface area contributed by atoms with Crippen molar-refractivity contribution in [2.24, 2.45) is 0 Å². The van der Waals surface area contributed by atoms with Gasteiger partial charge in [0.15, 0.2) is 54.9 Å². The molecule has 10 aromatic heterocycles. The van der Waals surface area contributed by atoms with Crippen LogP contribution < -0.4 is 39.6 Å². The highest BCUT2D eigenvalue weighted by Gasteiger charge is 2.50. The van der Waals surface area contributed by atoms with E-state index in [1.54, 1.807) is 90.4 Å². The van der Waals surface area contributed by atoms with Gasteiger partial charge < -0.3 is 54.2 Å². The quantitative estimate of drug-likeness (QED) is 0.0616. The van der Waals surface area contributed by atoms with Crippen molar-refractivity contribution in [1.82, 2.24) is 90.7 Å². The fourth-order valence-corrected chi connectivity index (χ4v) is 14.2. The first-order chi connectivity index (χ1) is 49.0. The molecule has 4 N–H and O–H groups in total. The van der Waals surface area contributed by atoms with E-state index in [1.165, 1.54) is 0 Å². The predicted molar refractivity (Wildman–Crippen MR) is 389 cm³/mol. The minimum Gasteiger partial charge on any atom is -0.506 e. The molecule has 3 fully saturated rings. The third kappa shape index (κ3) is 17.6. The summed E-state index contributed by atoms with van der Waals surface area (Å²) in [7, 11) is 3.09. The van der Waals surface area contributed by atoms with Crippen LogP contribution in [0.5, 0.6) is 34.9 Å². The average Bonchev–Trinajstić information content (AvgIpc) is 1.02. The normalized spacial score (nSPS) is 21.2. The minimum absolute atomic E-state index is 0.0259. The second kappa shape index (κ2) is 30.1. The van der Waals surface area contributed by atoms with Crippen molar-refractivity contribution in [2.45, 2.75) is 200 Å². The third-order valence-corrected chi connectivity index (χ3v) is 18.3. The first-order valence-corrected chi connectivity index (χ1v) is 34.9. The number of imidazole rings is 2. The summed E-state index contributed by atoms with van der Waals surface area (Å²) < 4.78 is 88.7. The monoisotopic (exact) mass is 1490 g/mol. The lowest BCUT2D eigenvalue weighted by molar-refractivity contribution is -0.0283. The molecule has 3 aliphatic rings. The number of nitrogens with zero attached hydrogens (tertiary/aromatic N) is 15. The lowest BCUT2D eigenvalue weighted by Crippen LogP contribution is -2.66. The molecule has 0 aromatic carbocycles. The van der Waals surface area contributed by atoms with E-state index < -0.39 is 53.4 Å². The van der Waals surface area contributed by atoms with Gasteiger partial charge in [-0.15, -0.1) is 30.6 Å². The summed E-state index contributed by atoms with van der Waals surface area (Å²) in [6.07, 6.45) is 4.69. The maximum absolute atomic E-state index is 15.2. The van der Waals surface area contributed by atoms with E-state index in [4.69, 9.17) is 38.3 Å². The van der Waals surface area contributed by atoms with Crippen LogP contribution in [0.25, 0.3) is 68.0 Å². The van der Waals surface area contributed by atoms with Crippen LogP contribution >= 0.6 is 15.9 Å². The molecule has 10 aromatic rings. The van der Waals surface area contributed by atoms with Crippen LogP contribution in [-0.2, 0) is 9.47 Å². The van der Waals surface area contributed by atoms with Crippen molar-refractivity contribution in [3.63, 3.8) is 0 Å². The highest BCUT2D eigenvalue weighted by molar-refractivity contribution is 9.10. The van der Waals surface area contributed by atoms with Crippen molar-refractivity contribution >= 4 is 27.2 Å². The Morgan fingerprint density at radius 3 is 1.19 bits per heavy atom. The Balaban J connectivity index is 0.000000158. The lowest BCUT2D eigenvalue weighted by Gasteiger charge is -2.48. The second-order valence-corrected chi connectivity index (χ2v) is 31.2. The van der Waals surface area contributed by atoms with Gasteiger partial charge >= 0.3 is 0 Å². The molecule has 0 aliphatic carbocycles. The minimum atomic E-state index is -1.21. The number of fused-ring (bicyclic) bond motifs is 2. The van der Waals surface area contributed by atoms with Crippen molar-refractivity contribution in [2.75, 3.05) is 27.8 Å². The molecule has 0 saturated carbocycles. The van der Waals surface area contributed by atoms with Crippen LogP contribution in [0.15, 0.2) is 102 Å². The predicted octanol–water partition coefficient (Wildman–Crippen LogP) is 12.6. The fraction of sp³-hybridized carbons (Fsp3) is 0.473. The van der Waals surface area contributed by atoms with Gasteiger partial charge in [0.1, 0.15) is 58.2 Å². The maximum Gasteiger partial charge on any atom is 0.233 e. The summed E-state index contributed by atoms with van der Waals surface area (Å²) in [5.41, 5.74) is 7.82. The molecule has 0 amide bonds. The van der Waals surface area contributed by atoms with E-state index in [0.29, 0.717) is 70.5 Å². The van der Waals surface area contributed by atoms with Crippen LogP contribution in [0, 0.1) is 27.7 Å². The number of hydrogen-bond donors (Lipinski definition) is 4. The first kappa shape index (κ1) is 75.9. The number of hydrogen-bond acceptors (Lipinski definition) is 24. The molecule has 13 rings (SSSR count). The van der Waals surface area contributed by atoms with Gasteiger partial charge in [-0.25, -0.2) is 47.1 Å². The zero-order valence-corrected chi connectivity index (χ0v) is 63.3. The van der Waals surface area contributed by atoms with Gasteiger partial charge in [0.25, 0.3) is 0 Å². The van der Waals surface area contributed by atoms with E-state index >= 15 is 8.78 Å². The smallest absolute Gasteiger partial charge is 0.233 e. The number of rotatable bonds is 17. The van der Waals surface area contributed by atoms with E-state index in [2.05, 4.69) is 92.5 Å². The Labute approximate surface area is 610 Å². The Kier molecular flexibility index (Phi) is 22.0. The van der Waals surface area contributed by atoms with Gasteiger partial charge in [0, 0.05) is 119 Å². The number of aromatic hydroxyl groups is 1. The third-order valence-electron chi connectivity index (χ3n) is 17.9. The van der Waals surface area contributed by atoms with Crippen LogP contribution in [0.2, 0.25) is 0 Å². The number of pyridine rings is 3. The van der Waals surface area contributed by atoms with Crippen molar-refractivity contribution in [3.05, 3.63) is 125 Å². The van der Waals surface area contributed by atoms with Crippen LogP contribution in [0.1, 0.15) is 125 Å². The number of halogens is 4. The van der Waals surface area contributed by atoms with E-state index in [-0.39, 0.29) is 59.3 Å². The molecule has 26 nitrogen and oxygen atoms in total. The second-order valence-electron chi connectivity index (χ2n) is 30.2. The Morgan fingerprint density at radius 1 is 0.471 bits per heavy atom. The van der Waals surface area contributed by atoms with Crippen LogP contribution in [0.4, 0.5) is 13.2 Å². The molecular formula is C74H90BrF3N18O8. The van der Waals surface area contributed by atoms with Gasteiger partial charge in [-0.05, 0) is 186 Å². The summed E-state index contributed by atoms with van der Waals surface area (Å²) in [5.74, 6) is 1.66. The lowest BCUT2D eigenvalue weighted by atomic mass is 9.79. The summed E-state index contributed by atoms with van der Waals surface area (Å²) in [4.78, 5) is 22.4. The average molecular weight is 1500 g/mol. The number of nitrogens with one attached hydrogen (secondary N) is 3. The summed E-state index contributed by atoms with van der Waals surface area (Å²) >= 11 is 3.37. The largest absolute Gasteiger partial charge is 0.506 e. The van der Waals surface area contributed by atoms with Crippen molar-refractivity contribution in [1.29, 1.82) is 0 Å². The van der Waals surface area contributed by atoms with Gasteiger partial charge in [-0.3, -0.25) is 0 Å². The SMILES string of the molecule is COCOc1cc(-c2cc(C)c3nc(C)cn3n2)cnc1-c1ccc(O[C@H]2CC(C)(C)NC(C)(C)[C@H]2F)nn1.COCOc1cc(Br)cnc1-c1ccc(O[C@H]2CC(C)(C)NC(C)(C)[C@H]2F)nn1.Cc1cn2nc(-c3cnc(-c4ccc(O[C@H]5CC(C)(C)NC(C)(C)[C@H]5F)nn4)c(O)c3)cc(C)c2n1. The first-order valence-electron chi connectivity index (χ1n) is 34.1. The molecule has 6 atom stereocenters. The van der Waals surface area contributed by atoms with Gasteiger partial charge in [-0.1, -0.05) is 0 Å². The maximum atomic E-state index is 15.2. The number of methoxy groups -OCH3 is 2. The molecule has 13 heterocycles. The standard InChI is InChI=1S/C28H34FN7O3.C26H30FN7O2.C20H26BrFN4O3/c1-16-10-20(34-36-14-17(2)31-26(16)36)18-11-21(38-15-37-7)24(30-13-18)19-8-9-23(33-32-19)39-22-12-27(3,4)35-28(5,6)25(22)29;1-14-9-18(32-34-13-15(2)29-24(14)34)16-10-19(35)22(28-12-16)17-7-8-21(31-30-17)36-20-11-25(3,4)33-26(5,6)23(20)27;1-19(2)9-15(18(22)20(3,4)26-19)29-16-7-6-13(24-25-16)17-14(28-11-27-5)8-12(21)10-23-17/h8-11,13-14,22,25,35H,12,15H2,1-7H3;7-10,12-13,20,23,33,35H,11H2,1-6H3;6-8,10,15,18,26H,9,11H2,1-5H3/t22-,25-;20-,23-;15-,18-/m000/s1. The molecule has 3 aliphatic heterocycles. The van der Waals surface area contributed by atoms with Crippen LogP contribution in [0.3, 0.4) is 0 Å². The highest BCUT2D eigenvalue weighted by atomic mass is 79.9. The highest BCUT2D eigenvalue weighted by Crippen LogP contribution is 2.40. The number of aromatic nitrogens is 15. The Hall–Kier alpha value is -9.20. The zero-order chi connectivity index (χ0) is 75.0. The molecule has 0 spiro atoms.